The van der Waals surface area contributed by atoms with Gasteiger partial charge in [0.2, 0.25) is 5.91 Å². The zero-order valence-corrected chi connectivity index (χ0v) is 9.47. The van der Waals surface area contributed by atoms with Crippen molar-refractivity contribution < 1.29 is 4.79 Å². The molecule has 3 nitrogen and oxygen atoms in total. The Hall–Kier alpha value is -2.16. The van der Waals surface area contributed by atoms with Crippen LogP contribution < -0.4 is 5.73 Å². The molecule has 0 aliphatic carbocycles. The van der Waals surface area contributed by atoms with Gasteiger partial charge >= 0.3 is 0 Å². The second-order valence-electron chi connectivity index (χ2n) is 3.84. The maximum Gasteiger partial charge on any atom is 0.217 e. The number of nitrogens with two attached hydrogens (primary N) is 1. The van der Waals surface area contributed by atoms with Crippen LogP contribution in [-0.4, -0.2) is 10.9 Å². The lowest BCUT2D eigenvalue weighted by atomic mass is 10.0. The van der Waals surface area contributed by atoms with Crippen LogP contribution in [0.4, 0.5) is 0 Å². The van der Waals surface area contributed by atoms with Gasteiger partial charge in [0.1, 0.15) is 0 Å². The molecule has 2 aromatic rings. The Balaban J connectivity index is 2.31. The number of carbonyl (C=O) groups excluding carboxylic acids is 1. The predicted molar refractivity (Wildman–Crippen MR) is 67.2 cm³/mol. The third-order valence-corrected chi connectivity index (χ3v) is 2.58. The van der Waals surface area contributed by atoms with Gasteiger partial charge in [-0.1, -0.05) is 36.4 Å². The van der Waals surface area contributed by atoms with Crippen LogP contribution in [-0.2, 0) is 11.2 Å². The van der Waals surface area contributed by atoms with Crippen LogP contribution in [0.25, 0.3) is 11.3 Å². The molecule has 2 rings (SSSR count). The van der Waals surface area contributed by atoms with Gasteiger partial charge in [-0.2, -0.15) is 0 Å². The maximum absolute atomic E-state index is 10.8. The van der Waals surface area contributed by atoms with Crippen molar-refractivity contribution in [3.8, 4) is 11.3 Å². The number of aryl methyl sites for hydroxylation is 1. The monoisotopic (exact) mass is 226 g/mol. The number of nitrogens with zero attached hydrogens (tertiary/aromatic N) is 1. The van der Waals surface area contributed by atoms with Crippen molar-refractivity contribution in [1.29, 1.82) is 0 Å². The van der Waals surface area contributed by atoms with E-state index in [1.165, 1.54) is 0 Å². The molecule has 0 bridgehead atoms. The normalized spacial score (nSPS) is 10.1. The fourth-order valence-corrected chi connectivity index (χ4v) is 1.75. The van der Waals surface area contributed by atoms with E-state index in [0.717, 1.165) is 16.8 Å². The number of hydrogen-bond acceptors (Lipinski definition) is 2. The third kappa shape index (κ3) is 2.91. The molecule has 0 aliphatic rings. The van der Waals surface area contributed by atoms with Crippen molar-refractivity contribution in [1.82, 2.24) is 4.98 Å². The smallest absolute Gasteiger partial charge is 0.217 e. The largest absolute Gasteiger partial charge is 0.370 e. The summed E-state index contributed by atoms with van der Waals surface area (Å²) in [5, 5.41) is 0. The fraction of sp³-hybridized carbons (Fsp3) is 0.143. The SMILES string of the molecule is NC(=O)CCc1cccnc1-c1ccccc1. The third-order valence-electron chi connectivity index (χ3n) is 2.58. The van der Waals surface area contributed by atoms with Crippen LogP contribution in [0, 0.1) is 0 Å². The molecule has 86 valence electrons. The van der Waals surface area contributed by atoms with Crippen molar-refractivity contribution in [2.45, 2.75) is 12.8 Å². The molecule has 1 aromatic carbocycles. The summed E-state index contributed by atoms with van der Waals surface area (Å²) in [6.45, 7) is 0. The molecule has 0 aliphatic heterocycles. The minimum Gasteiger partial charge on any atom is -0.370 e. The molecular weight excluding hydrogens is 212 g/mol. The minimum absolute atomic E-state index is 0.284. The highest BCUT2D eigenvalue weighted by Gasteiger charge is 2.06. The molecule has 2 N–H and O–H groups in total. The average molecular weight is 226 g/mol. The van der Waals surface area contributed by atoms with E-state index < -0.39 is 0 Å². The number of hydrogen-bond donors (Lipinski definition) is 1. The Morgan fingerprint density at radius 2 is 1.88 bits per heavy atom. The van der Waals surface area contributed by atoms with E-state index in [1.54, 1.807) is 6.20 Å². The molecule has 0 unspecified atom stereocenters. The lowest BCUT2D eigenvalue weighted by Gasteiger charge is -2.07. The van der Waals surface area contributed by atoms with Crippen molar-refractivity contribution in [2.75, 3.05) is 0 Å². The van der Waals surface area contributed by atoms with E-state index in [0.29, 0.717) is 12.8 Å². The van der Waals surface area contributed by atoms with Gasteiger partial charge in [-0.3, -0.25) is 9.78 Å². The quantitative estimate of drug-likeness (QED) is 0.868. The van der Waals surface area contributed by atoms with E-state index in [2.05, 4.69) is 4.98 Å². The van der Waals surface area contributed by atoms with Crippen LogP contribution in [0.5, 0.6) is 0 Å². The molecule has 1 aromatic heterocycles. The number of amides is 1. The minimum atomic E-state index is -0.284. The first-order valence-electron chi connectivity index (χ1n) is 5.55. The highest BCUT2D eigenvalue weighted by Crippen LogP contribution is 2.21. The molecule has 0 radical (unpaired) electrons. The molecule has 0 atom stereocenters. The Kier molecular flexibility index (Phi) is 3.50. The fourth-order valence-electron chi connectivity index (χ4n) is 1.75. The molecule has 0 fully saturated rings. The first kappa shape index (κ1) is 11.3. The Bertz CT molecular complexity index is 509. The summed E-state index contributed by atoms with van der Waals surface area (Å²) < 4.78 is 0. The van der Waals surface area contributed by atoms with Gasteiger partial charge < -0.3 is 5.73 Å². The number of benzene rings is 1. The van der Waals surface area contributed by atoms with Crippen LogP contribution in [0.3, 0.4) is 0 Å². The van der Waals surface area contributed by atoms with Crippen molar-refractivity contribution in [3.63, 3.8) is 0 Å². The summed E-state index contributed by atoms with van der Waals surface area (Å²) in [6.07, 6.45) is 2.75. The van der Waals surface area contributed by atoms with E-state index >= 15 is 0 Å². The topological polar surface area (TPSA) is 56.0 Å². The molecule has 1 heterocycles. The molecular formula is C14H14N2O. The van der Waals surface area contributed by atoms with Gasteiger partial charge in [0.15, 0.2) is 0 Å². The van der Waals surface area contributed by atoms with Crippen LogP contribution >= 0.6 is 0 Å². The lowest BCUT2D eigenvalue weighted by molar-refractivity contribution is -0.117. The first-order chi connectivity index (χ1) is 8.27. The van der Waals surface area contributed by atoms with E-state index in [4.69, 9.17) is 5.73 Å². The standard InChI is InChI=1S/C14H14N2O/c15-13(17)9-8-12-7-4-10-16-14(12)11-5-2-1-3-6-11/h1-7,10H,8-9H2,(H2,15,17). The summed E-state index contributed by atoms with van der Waals surface area (Å²) in [7, 11) is 0. The summed E-state index contributed by atoms with van der Waals surface area (Å²) in [6, 6.07) is 13.8. The molecule has 0 saturated heterocycles. The van der Waals surface area contributed by atoms with Gasteiger partial charge in [-0.15, -0.1) is 0 Å². The van der Waals surface area contributed by atoms with Crippen LogP contribution in [0.1, 0.15) is 12.0 Å². The van der Waals surface area contributed by atoms with E-state index in [1.807, 2.05) is 42.5 Å². The maximum atomic E-state index is 10.8. The number of rotatable bonds is 4. The molecule has 0 spiro atoms. The summed E-state index contributed by atoms with van der Waals surface area (Å²) >= 11 is 0. The molecule has 0 saturated carbocycles. The second kappa shape index (κ2) is 5.25. The van der Waals surface area contributed by atoms with Gasteiger partial charge in [-0.25, -0.2) is 0 Å². The number of aromatic nitrogens is 1. The second-order valence-corrected chi connectivity index (χ2v) is 3.84. The van der Waals surface area contributed by atoms with Crippen molar-refractivity contribution in [3.05, 3.63) is 54.2 Å². The lowest BCUT2D eigenvalue weighted by Crippen LogP contribution is -2.11. The van der Waals surface area contributed by atoms with Crippen LogP contribution in [0.15, 0.2) is 48.7 Å². The van der Waals surface area contributed by atoms with Gasteiger partial charge in [0.25, 0.3) is 0 Å². The highest BCUT2D eigenvalue weighted by molar-refractivity contribution is 5.74. The Morgan fingerprint density at radius 1 is 1.12 bits per heavy atom. The number of primary amides is 1. The Morgan fingerprint density at radius 3 is 2.59 bits per heavy atom. The first-order valence-corrected chi connectivity index (χ1v) is 5.55. The van der Waals surface area contributed by atoms with Crippen LogP contribution in [0.2, 0.25) is 0 Å². The number of carbonyl (C=O) groups is 1. The Labute approximate surface area is 100 Å². The summed E-state index contributed by atoms with van der Waals surface area (Å²) in [5.41, 5.74) is 8.21. The summed E-state index contributed by atoms with van der Waals surface area (Å²) in [4.78, 5) is 15.2. The van der Waals surface area contributed by atoms with Crippen molar-refractivity contribution in [2.24, 2.45) is 5.73 Å². The van der Waals surface area contributed by atoms with Gasteiger partial charge in [0, 0.05) is 18.2 Å². The zero-order valence-electron chi connectivity index (χ0n) is 9.47. The molecule has 3 heteroatoms. The summed E-state index contributed by atoms with van der Waals surface area (Å²) in [5.74, 6) is -0.284. The molecule has 1 amide bonds. The van der Waals surface area contributed by atoms with Gasteiger partial charge in [0.05, 0.1) is 5.69 Å². The van der Waals surface area contributed by atoms with E-state index in [9.17, 15) is 4.79 Å². The zero-order chi connectivity index (χ0) is 12.1. The van der Waals surface area contributed by atoms with Gasteiger partial charge in [-0.05, 0) is 18.1 Å². The predicted octanol–water partition coefficient (Wildman–Crippen LogP) is 2.17. The molecule has 17 heavy (non-hydrogen) atoms. The number of pyridine rings is 1. The van der Waals surface area contributed by atoms with Crippen molar-refractivity contribution >= 4 is 5.91 Å². The highest BCUT2D eigenvalue weighted by atomic mass is 16.1. The average Bonchev–Trinajstić information content (AvgIpc) is 2.38. The van der Waals surface area contributed by atoms with E-state index in [-0.39, 0.29) is 5.91 Å².